The number of sulfonamides is 1. The maximum atomic E-state index is 13.0. The third-order valence-electron chi connectivity index (χ3n) is 6.37. The van der Waals surface area contributed by atoms with Crippen LogP contribution < -0.4 is 10.2 Å². The van der Waals surface area contributed by atoms with Crippen LogP contribution in [0.5, 0.6) is 0 Å². The average molecular weight is 491 g/mol. The molecule has 1 amide bonds. The van der Waals surface area contributed by atoms with E-state index in [4.69, 9.17) is 11.6 Å². The SMILES string of the molecule is Cc1ccc(S(=O)(=O)N2CCCCC2)cc1NC(=O)CN1CCN(c2ccc(Cl)cc2)CC1. The van der Waals surface area contributed by atoms with Gasteiger partial charge in [0.25, 0.3) is 0 Å². The highest BCUT2D eigenvalue weighted by atomic mass is 35.5. The fourth-order valence-electron chi connectivity index (χ4n) is 4.36. The van der Waals surface area contributed by atoms with Gasteiger partial charge in [0.1, 0.15) is 0 Å². The van der Waals surface area contributed by atoms with Gasteiger partial charge in [-0.1, -0.05) is 24.1 Å². The third kappa shape index (κ3) is 5.87. The standard InChI is InChI=1S/C24H31ClN4O3S/c1-19-5-10-22(33(31,32)29-11-3-2-4-12-29)17-23(19)26-24(30)18-27-13-15-28(16-14-27)21-8-6-20(25)7-9-21/h5-10,17H,2-4,11-16,18H2,1H3,(H,26,30). The van der Waals surface area contributed by atoms with Crippen molar-refractivity contribution in [2.75, 3.05) is 56.0 Å². The normalized spacial score (nSPS) is 18.3. The fourth-order valence-corrected chi connectivity index (χ4v) is 6.03. The summed E-state index contributed by atoms with van der Waals surface area (Å²) in [6.07, 6.45) is 2.84. The smallest absolute Gasteiger partial charge is 0.243 e. The molecule has 2 aromatic rings. The molecular weight excluding hydrogens is 460 g/mol. The van der Waals surface area contributed by atoms with E-state index < -0.39 is 10.0 Å². The van der Waals surface area contributed by atoms with E-state index in [1.165, 1.54) is 0 Å². The molecule has 0 saturated carbocycles. The molecule has 2 saturated heterocycles. The van der Waals surface area contributed by atoms with Gasteiger partial charge in [-0.25, -0.2) is 8.42 Å². The molecule has 2 aliphatic heterocycles. The second kappa shape index (κ2) is 10.4. The Hall–Kier alpha value is -2.13. The number of rotatable bonds is 6. The topological polar surface area (TPSA) is 73.0 Å². The highest BCUT2D eigenvalue weighted by Crippen LogP contribution is 2.25. The summed E-state index contributed by atoms with van der Waals surface area (Å²) in [6, 6.07) is 12.8. The molecular formula is C24H31ClN4O3S. The summed E-state index contributed by atoms with van der Waals surface area (Å²) in [5.41, 5.74) is 2.53. The van der Waals surface area contributed by atoms with Crippen LogP contribution in [0.4, 0.5) is 11.4 Å². The van der Waals surface area contributed by atoms with Gasteiger partial charge in [0.15, 0.2) is 0 Å². The molecule has 1 N–H and O–H groups in total. The molecule has 0 aliphatic carbocycles. The van der Waals surface area contributed by atoms with Gasteiger partial charge in [0, 0.05) is 55.7 Å². The van der Waals surface area contributed by atoms with Gasteiger partial charge < -0.3 is 10.2 Å². The molecule has 4 rings (SSSR count). The number of benzene rings is 2. The summed E-state index contributed by atoms with van der Waals surface area (Å²) in [5, 5.41) is 3.65. The molecule has 2 aromatic carbocycles. The van der Waals surface area contributed by atoms with Crippen LogP contribution in [0, 0.1) is 6.92 Å². The van der Waals surface area contributed by atoms with Crippen molar-refractivity contribution in [3.05, 3.63) is 53.1 Å². The number of carbonyl (C=O) groups is 1. The monoisotopic (exact) mass is 490 g/mol. The van der Waals surface area contributed by atoms with Crippen LogP contribution in [0.1, 0.15) is 24.8 Å². The lowest BCUT2D eigenvalue weighted by molar-refractivity contribution is -0.117. The number of hydrogen-bond donors (Lipinski definition) is 1. The number of carbonyl (C=O) groups excluding carboxylic acids is 1. The van der Waals surface area contributed by atoms with Crippen molar-refractivity contribution in [2.24, 2.45) is 0 Å². The molecule has 178 valence electrons. The lowest BCUT2D eigenvalue weighted by Crippen LogP contribution is -2.48. The third-order valence-corrected chi connectivity index (χ3v) is 8.51. The summed E-state index contributed by atoms with van der Waals surface area (Å²) in [7, 11) is -3.54. The Morgan fingerprint density at radius 1 is 0.939 bits per heavy atom. The molecule has 33 heavy (non-hydrogen) atoms. The molecule has 0 radical (unpaired) electrons. The van der Waals surface area contributed by atoms with Gasteiger partial charge in [-0.05, 0) is 61.7 Å². The summed E-state index contributed by atoms with van der Waals surface area (Å²) in [4.78, 5) is 17.4. The van der Waals surface area contributed by atoms with E-state index in [2.05, 4.69) is 15.1 Å². The molecule has 0 unspecified atom stereocenters. The number of nitrogens with zero attached hydrogens (tertiary/aromatic N) is 3. The first-order chi connectivity index (χ1) is 15.8. The zero-order chi connectivity index (χ0) is 23.4. The molecule has 2 fully saturated rings. The number of aryl methyl sites for hydroxylation is 1. The summed E-state index contributed by atoms with van der Waals surface area (Å²) in [6.45, 7) is 6.47. The fraction of sp³-hybridized carbons (Fsp3) is 0.458. The average Bonchev–Trinajstić information content (AvgIpc) is 2.82. The van der Waals surface area contributed by atoms with Crippen molar-refractivity contribution >= 4 is 38.9 Å². The van der Waals surface area contributed by atoms with E-state index >= 15 is 0 Å². The van der Waals surface area contributed by atoms with Crippen LogP contribution in [0.3, 0.4) is 0 Å². The largest absolute Gasteiger partial charge is 0.369 e. The minimum absolute atomic E-state index is 0.134. The maximum absolute atomic E-state index is 13.0. The van der Waals surface area contributed by atoms with Gasteiger partial charge in [-0.3, -0.25) is 9.69 Å². The van der Waals surface area contributed by atoms with Crippen molar-refractivity contribution in [3.63, 3.8) is 0 Å². The Balaban J connectivity index is 1.35. The molecule has 7 nitrogen and oxygen atoms in total. The Morgan fingerprint density at radius 3 is 2.27 bits per heavy atom. The summed E-state index contributed by atoms with van der Waals surface area (Å²) >= 11 is 5.98. The van der Waals surface area contributed by atoms with Gasteiger partial charge >= 0.3 is 0 Å². The van der Waals surface area contributed by atoms with Crippen LogP contribution >= 0.6 is 11.6 Å². The van der Waals surface area contributed by atoms with Gasteiger partial charge in [0.2, 0.25) is 15.9 Å². The molecule has 0 bridgehead atoms. The van der Waals surface area contributed by atoms with Gasteiger partial charge in [-0.15, -0.1) is 0 Å². The minimum Gasteiger partial charge on any atom is -0.369 e. The van der Waals surface area contributed by atoms with Crippen LogP contribution in [0.25, 0.3) is 0 Å². The van der Waals surface area contributed by atoms with E-state index in [9.17, 15) is 13.2 Å². The first kappa shape index (κ1) is 24.0. The van der Waals surface area contributed by atoms with E-state index in [0.717, 1.165) is 61.7 Å². The van der Waals surface area contributed by atoms with Crippen molar-refractivity contribution in [1.29, 1.82) is 0 Å². The van der Waals surface area contributed by atoms with Crippen LogP contribution in [0.2, 0.25) is 5.02 Å². The zero-order valence-corrected chi connectivity index (χ0v) is 20.5. The number of piperidine rings is 1. The Labute approximate surface area is 201 Å². The Bertz CT molecular complexity index is 1080. The maximum Gasteiger partial charge on any atom is 0.243 e. The molecule has 2 aliphatic rings. The van der Waals surface area contributed by atoms with E-state index in [-0.39, 0.29) is 17.3 Å². The molecule has 9 heteroatoms. The number of nitrogens with one attached hydrogen (secondary N) is 1. The lowest BCUT2D eigenvalue weighted by atomic mass is 10.2. The first-order valence-electron chi connectivity index (χ1n) is 11.5. The highest BCUT2D eigenvalue weighted by Gasteiger charge is 2.27. The van der Waals surface area contributed by atoms with Crippen molar-refractivity contribution in [1.82, 2.24) is 9.21 Å². The predicted molar refractivity (Wildman–Crippen MR) is 133 cm³/mol. The lowest BCUT2D eigenvalue weighted by Gasteiger charge is -2.35. The highest BCUT2D eigenvalue weighted by molar-refractivity contribution is 7.89. The first-order valence-corrected chi connectivity index (χ1v) is 13.3. The van der Waals surface area contributed by atoms with Crippen LogP contribution in [0.15, 0.2) is 47.4 Å². The predicted octanol–water partition coefficient (Wildman–Crippen LogP) is 3.58. The van der Waals surface area contributed by atoms with Crippen molar-refractivity contribution < 1.29 is 13.2 Å². The van der Waals surface area contributed by atoms with E-state index in [1.54, 1.807) is 22.5 Å². The van der Waals surface area contributed by atoms with Crippen molar-refractivity contribution in [2.45, 2.75) is 31.1 Å². The minimum atomic E-state index is -3.54. The number of anilines is 2. The summed E-state index contributed by atoms with van der Waals surface area (Å²) in [5.74, 6) is -0.134. The Kier molecular flexibility index (Phi) is 7.58. The van der Waals surface area contributed by atoms with Gasteiger partial charge in [-0.2, -0.15) is 4.31 Å². The van der Waals surface area contributed by atoms with E-state index in [0.29, 0.717) is 18.8 Å². The molecule has 2 heterocycles. The summed E-state index contributed by atoms with van der Waals surface area (Å²) < 4.78 is 27.6. The second-order valence-electron chi connectivity index (χ2n) is 8.73. The zero-order valence-electron chi connectivity index (χ0n) is 19.0. The number of hydrogen-bond acceptors (Lipinski definition) is 5. The van der Waals surface area contributed by atoms with Crippen LogP contribution in [-0.4, -0.2) is 69.3 Å². The molecule has 0 spiro atoms. The Morgan fingerprint density at radius 2 is 1.61 bits per heavy atom. The quantitative estimate of drug-likeness (QED) is 0.670. The second-order valence-corrected chi connectivity index (χ2v) is 11.1. The number of amides is 1. The number of piperazine rings is 1. The van der Waals surface area contributed by atoms with Gasteiger partial charge in [0.05, 0.1) is 11.4 Å². The van der Waals surface area contributed by atoms with Crippen molar-refractivity contribution in [3.8, 4) is 0 Å². The molecule has 0 aromatic heterocycles. The molecule has 0 atom stereocenters. The number of halogens is 1. The van der Waals surface area contributed by atoms with Crippen LogP contribution in [-0.2, 0) is 14.8 Å². The van der Waals surface area contributed by atoms with E-state index in [1.807, 2.05) is 31.2 Å².